The fourth-order valence-corrected chi connectivity index (χ4v) is 0.996. The maximum atomic E-state index is 3.14. The summed E-state index contributed by atoms with van der Waals surface area (Å²) in [6.45, 7) is 2.06. The largest absolute Gasteiger partial charge is 0.377 e. The number of aryl methyl sites for hydroxylation is 1. The van der Waals surface area contributed by atoms with Crippen molar-refractivity contribution in [3.63, 3.8) is 0 Å². The van der Waals surface area contributed by atoms with Crippen molar-refractivity contribution >= 4 is 5.69 Å². The summed E-state index contributed by atoms with van der Waals surface area (Å²) in [6, 6.07) is 9.16. The van der Waals surface area contributed by atoms with E-state index in [1.54, 1.807) is 0 Å². The summed E-state index contributed by atoms with van der Waals surface area (Å²) in [5.41, 5.74) is 2.44. The van der Waals surface area contributed by atoms with Crippen LogP contribution in [-0.4, -0.2) is 14.1 Å². The highest BCUT2D eigenvalue weighted by Gasteiger charge is 1.95. The third-order valence-electron chi connectivity index (χ3n) is 1.52. The molecular formula is C9H12N. The summed E-state index contributed by atoms with van der Waals surface area (Å²) in [4.78, 5) is 2.09. The first-order valence-electron chi connectivity index (χ1n) is 3.36. The third-order valence-corrected chi connectivity index (χ3v) is 1.52. The maximum absolute atomic E-state index is 3.14. The molecule has 0 unspecified atom stereocenters. The number of hydrogen-bond acceptors (Lipinski definition) is 1. The lowest BCUT2D eigenvalue weighted by Gasteiger charge is -2.14. The number of hydrogen-bond donors (Lipinski definition) is 0. The Kier molecular flexibility index (Phi) is 1.95. The normalized spacial score (nSPS) is 9.50. The molecule has 1 aromatic rings. The molecular weight excluding hydrogens is 122 g/mol. The van der Waals surface area contributed by atoms with E-state index in [1.165, 1.54) is 11.3 Å². The Morgan fingerprint density at radius 2 is 2.10 bits per heavy atom. The SMILES string of the molecule is Cc1[c]cccc1N(C)C. The fraction of sp³-hybridized carbons (Fsp3) is 0.333. The van der Waals surface area contributed by atoms with Crippen LogP contribution in [0.15, 0.2) is 18.2 Å². The Labute approximate surface area is 62.3 Å². The van der Waals surface area contributed by atoms with Crippen LogP contribution < -0.4 is 4.90 Å². The molecule has 0 heterocycles. The first-order valence-corrected chi connectivity index (χ1v) is 3.36. The van der Waals surface area contributed by atoms with Crippen molar-refractivity contribution in [2.24, 2.45) is 0 Å². The molecule has 1 rings (SSSR count). The van der Waals surface area contributed by atoms with Crippen molar-refractivity contribution in [1.82, 2.24) is 0 Å². The molecule has 0 aliphatic carbocycles. The van der Waals surface area contributed by atoms with Crippen LogP contribution in [-0.2, 0) is 0 Å². The van der Waals surface area contributed by atoms with E-state index in [1.807, 2.05) is 26.2 Å². The molecule has 0 saturated heterocycles. The standard InChI is InChI=1S/C9H12N/c1-8-6-4-5-7-9(8)10(2)3/h4-5,7H,1-3H3. The van der Waals surface area contributed by atoms with Crippen molar-refractivity contribution in [2.75, 3.05) is 19.0 Å². The first kappa shape index (κ1) is 7.13. The number of nitrogens with zero attached hydrogens (tertiary/aromatic N) is 1. The summed E-state index contributed by atoms with van der Waals surface area (Å²) in [6.07, 6.45) is 0. The van der Waals surface area contributed by atoms with Gasteiger partial charge in [-0.2, -0.15) is 0 Å². The molecule has 0 saturated carbocycles. The van der Waals surface area contributed by atoms with E-state index in [0.29, 0.717) is 0 Å². The molecule has 0 N–H and O–H groups in total. The average Bonchev–Trinajstić information content (AvgIpc) is 1.88. The quantitative estimate of drug-likeness (QED) is 0.566. The van der Waals surface area contributed by atoms with Gasteiger partial charge >= 0.3 is 0 Å². The van der Waals surface area contributed by atoms with Gasteiger partial charge in [-0.1, -0.05) is 12.1 Å². The fourth-order valence-electron chi connectivity index (χ4n) is 0.996. The van der Waals surface area contributed by atoms with E-state index < -0.39 is 0 Å². The monoisotopic (exact) mass is 134 g/mol. The van der Waals surface area contributed by atoms with Crippen LogP contribution in [0.5, 0.6) is 0 Å². The van der Waals surface area contributed by atoms with Crippen molar-refractivity contribution in [3.05, 3.63) is 29.8 Å². The van der Waals surface area contributed by atoms with Crippen LogP contribution in [0.3, 0.4) is 0 Å². The molecule has 1 nitrogen and oxygen atoms in total. The minimum Gasteiger partial charge on any atom is -0.377 e. The predicted octanol–water partition coefficient (Wildman–Crippen LogP) is 1.86. The van der Waals surface area contributed by atoms with Crippen LogP contribution in [0, 0.1) is 13.0 Å². The molecule has 0 fully saturated rings. The highest BCUT2D eigenvalue weighted by Crippen LogP contribution is 2.14. The zero-order valence-corrected chi connectivity index (χ0v) is 6.68. The average molecular weight is 134 g/mol. The third kappa shape index (κ3) is 1.29. The number of anilines is 1. The Morgan fingerprint density at radius 3 is 2.50 bits per heavy atom. The lowest BCUT2D eigenvalue weighted by Crippen LogP contribution is -2.09. The first-order chi connectivity index (χ1) is 4.72. The minimum atomic E-state index is 1.20. The molecule has 0 aromatic heterocycles. The van der Waals surface area contributed by atoms with Crippen molar-refractivity contribution in [2.45, 2.75) is 6.92 Å². The molecule has 0 spiro atoms. The van der Waals surface area contributed by atoms with Crippen LogP contribution in [0.1, 0.15) is 5.56 Å². The van der Waals surface area contributed by atoms with Gasteiger partial charge in [-0.05, 0) is 24.6 Å². The van der Waals surface area contributed by atoms with Gasteiger partial charge in [0.1, 0.15) is 0 Å². The van der Waals surface area contributed by atoms with Crippen molar-refractivity contribution in [1.29, 1.82) is 0 Å². The van der Waals surface area contributed by atoms with Gasteiger partial charge in [0.25, 0.3) is 0 Å². The second-order valence-electron chi connectivity index (χ2n) is 2.57. The summed E-state index contributed by atoms with van der Waals surface area (Å²) >= 11 is 0. The summed E-state index contributed by atoms with van der Waals surface area (Å²) in [5.74, 6) is 0. The Bertz CT molecular complexity index is 216. The van der Waals surface area contributed by atoms with Crippen LogP contribution in [0.4, 0.5) is 5.69 Å². The van der Waals surface area contributed by atoms with E-state index in [9.17, 15) is 0 Å². The molecule has 0 atom stereocenters. The van der Waals surface area contributed by atoms with Gasteiger partial charge in [0.2, 0.25) is 0 Å². The molecule has 1 aromatic carbocycles. The lowest BCUT2D eigenvalue weighted by molar-refractivity contribution is 1.11. The number of rotatable bonds is 1. The zero-order chi connectivity index (χ0) is 7.56. The smallest absolute Gasteiger partial charge is 0.0396 e. The Hall–Kier alpha value is -0.980. The van der Waals surface area contributed by atoms with Crippen molar-refractivity contribution < 1.29 is 0 Å². The maximum Gasteiger partial charge on any atom is 0.0396 e. The van der Waals surface area contributed by atoms with Gasteiger partial charge < -0.3 is 4.90 Å². The van der Waals surface area contributed by atoms with E-state index in [-0.39, 0.29) is 0 Å². The van der Waals surface area contributed by atoms with E-state index >= 15 is 0 Å². The summed E-state index contributed by atoms with van der Waals surface area (Å²) in [5, 5.41) is 0. The van der Waals surface area contributed by atoms with Gasteiger partial charge in [-0.25, -0.2) is 0 Å². The Balaban J connectivity index is 3.03. The van der Waals surface area contributed by atoms with E-state index in [4.69, 9.17) is 0 Å². The molecule has 1 radical (unpaired) electrons. The highest BCUT2D eigenvalue weighted by atomic mass is 15.1. The van der Waals surface area contributed by atoms with Crippen LogP contribution in [0.25, 0.3) is 0 Å². The van der Waals surface area contributed by atoms with Crippen LogP contribution in [0.2, 0.25) is 0 Å². The molecule has 1 heteroatoms. The molecule has 53 valence electrons. The van der Waals surface area contributed by atoms with E-state index in [0.717, 1.165) is 0 Å². The zero-order valence-electron chi connectivity index (χ0n) is 6.68. The Morgan fingerprint density at radius 1 is 1.40 bits per heavy atom. The molecule has 0 bridgehead atoms. The predicted molar refractivity (Wildman–Crippen MR) is 44.3 cm³/mol. The second kappa shape index (κ2) is 2.74. The summed E-state index contributed by atoms with van der Waals surface area (Å²) < 4.78 is 0. The van der Waals surface area contributed by atoms with E-state index in [2.05, 4.69) is 24.0 Å². The van der Waals surface area contributed by atoms with Crippen LogP contribution >= 0.6 is 0 Å². The van der Waals surface area contributed by atoms with Crippen molar-refractivity contribution in [3.8, 4) is 0 Å². The number of benzene rings is 1. The second-order valence-corrected chi connectivity index (χ2v) is 2.57. The minimum absolute atomic E-state index is 1.20. The topological polar surface area (TPSA) is 3.24 Å². The lowest BCUT2D eigenvalue weighted by atomic mass is 10.2. The van der Waals surface area contributed by atoms with Gasteiger partial charge in [0.05, 0.1) is 0 Å². The molecule has 10 heavy (non-hydrogen) atoms. The van der Waals surface area contributed by atoms with Gasteiger partial charge in [0, 0.05) is 19.8 Å². The molecule has 0 aliphatic heterocycles. The highest BCUT2D eigenvalue weighted by molar-refractivity contribution is 5.50. The van der Waals surface area contributed by atoms with Gasteiger partial charge in [-0.15, -0.1) is 0 Å². The summed E-state index contributed by atoms with van der Waals surface area (Å²) in [7, 11) is 4.08. The van der Waals surface area contributed by atoms with Gasteiger partial charge in [0.15, 0.2) is 0 Å². The molecule has 0 amide bonds. The molecule has 0 aliphatic rings. The van der Waals surface area contributed by atoms with Gasteiger partial charge in [-0.3, -0.25) is 0 Å².